The summed E-state index contributed by atoms with van der Waals surface area (Å²) in [6, 6.07) is 0.645. The summed E-state index contributed by atoms with van der Waals surface area (Å²) in [5.74, 6) is -5.55. The lowest BCUT2D eigenvalue weighted by molar-refractivity contribution is -0.147. The number of nitrogens with one attached hydrogen (secondary N) is 1. The average molecular weight is 501 g/mol. The van der Waals surface area contributed by atoms with Crippen LogP contribution in [0.25, 0.3) is 0 Å². The van der Waals surface area contributed by atoms with Gasteiger partial charge in [0, 0.05) is 0 Å². The van der Waals surface area contributed by atoms with Gasteiger partial charge in [-0.15, -0.1) is 0 Å². The molecule has 0 bridgehead atoms. The molecular formula is C13H8Cl2F6N4O4S. The molecule has 6 N–H and O–H groups in total. The highest BCUT2D eigenvalue weighted by atomic mass is 35.5. The Labute approximate surface area is 174 Å². The standard InChI is InChI=1S/C13H8Cl2F6N4O4S/c14-4-1-3(12(16,17)18)2-5(15)6(4)25-8(22)7(30(29)13(19,20)21)11(24-25,9(23)26)10(27)28/h1-2,24H,22H2,(H2,23,26)(H,27,28). The molecule has 2 unspecified atom stereocenters. The van der Waals surface area contributed by atoms with Gasteiger partial charge in [0.05, 0.1) is 21.3 Å². The number of hydrogen-bond acceptors (Lipinski definition) is 6. The van der Waals surface area contributed by atoms with E-state index in [2.05, 4.69) is 0 Å². The Kier molecular flexibility index (Phi) is 5.99. The summed E-state index contributed by atoms with van der Waals surface area (Å²) in [6.45, 7) is 0. The number of hydrazine groups is 1. The Morgan fingerprint density at radius 1 is 1.13 bits per heavy atom. The molecule has 17 heteroatoms. The monoisotopic (exact) mass is 500 g/mol. The zero-order chi connectivity index (χ0) is 23.4. The molecule has 1 aromatic rings. The molecule has 0 aliphatic carbocycles. The number of amides is 1. The number of carbonyl (C=O) groups excluding carboxylic acids is 1. The minimum absolute atomic E-state index is 0.197. The molecule has 1 aromatic carbocycles. The van der Waals surface area contributed by atoms with Crippen molar-refractivity contribution in [3.8, 4) is 0 Å². The molecule has 0 saturated heterocycles. The van der Waals surface area contributed by atoms with Crippen molar-refractivity contribution in [3.05, 3.63) is 38.5 Å². The third-order valence-electron chi connectivity index (χ3n) is 3.75. The zero-order valence-electron chi connectivity index (χ0n) is 13.9. The first kappa shape index (κ1) is 24.0. The van der Waals surface area contributed by atoms with Gasteiger partial charge in [0.1, 0.15) is 10.7 Å². The first-order valence-corrected chi connectivity index (χ1v) is 9.03. The zero-order valence-corrected chi connectivity index (χ0v) is 16.2. The van der Waals surface area contributed by atoms with Crippen LogP contribution in [-0.4, -0.2) is 32.2 Å². The maximum atomic E-state index is 13.1. The van der Waals surface area contributed by atoms with Crippen LogP contribution in [0.1, 0.15) is 5.56 Å². The van der Waals surface area contributed by atoms with E-state index in [1.54, 1.807) is 5.43 Å². The van der Waals surface area contributed by atoms with E-state index in [9.17, 15) is 45.2 Å². The summed E-state index contributed by atoms with van der Waals surface area (Å²) in [6.07, 6.45) is -4.91. The van der Waals surface area contributed by atoms with Crippen molar-refractivity contribution in [2.45, 2.75) is 17.2 Å². The topological polar surface area (TPSA) is 139 Å². The smallest absolute Gasteiger partial charge is 0.475 e. The molecule has 0 spiro atoms. The van der Waals surface area contributed by atoms with E-state index in [-0.39, 0.29) is 5.01 Å². The lowest BCUT2D eigenvalue weighted by Crippen LogP contribution is -2.63. The molecule has 0 fully saturated rings. The Morgan fingerprint density at radius 3 is 1.93 bits per heavy atom. The predicted molar refractivity (Wildman–Crippen MR) is 92.1 cm³/mol. The van der Waals surface area contributed by atoms with Gasteiger partial charge in [0.25, 0.3) is 11.4 Å². The van der Waals surface area contributed by atoms with E-state index in [1.165, 1.54) is 0 Å². The van der Waals surface area contributed by atoms with Crippen LogP contribution in [0, 0.1) is 0 Å². The van der Waals surface area contributed by atoms with Crippen LogP contribution in [0.2, 0.25) is 10.0 Å². The summed E-state index contributed by atoms with van der Waals surface area (Å²) in [4.78, 5) is 21.8. The highest BCUT2D eigenvalue weighted by Crippen LogP contribution is 2.45. The molecule has 0 saturated carbocycles. The van der Waals surface area contributed by atoms with E-state index in [0.717, 1.165) is 0 Å². The number of carboxylic acids is 1. The quantitative estimate of drug-likeness (QED) is 0.366. The van der Waals surface area contributed by atoms with Gasteiger partial charge in [-0.2, -0.15) is 31.8 Å². The summed E-state index contributed by atoms with van der Waals surface area (Å²) in [5.41, 5.74) is 1.04. The minimum atomic E-state index is -5.58. The first-order chi connectivity index (χ1) is 13.5. The maximum Gasteiger partial charge on any atom is 0.475 e. The van der Waals surface area contributed by atoms with Crippen LogP contribution < -0.4 is 21.9 Å². The number of primary amides is 1. The van der Waals surface area contributed by atoms with Crippen molar-refractivity contribution in [1.29, 1.82) is 0 Å². The minimum Gasteiger partial charge on any atom is -0.479 e. The summed E-state index contributed by atoms with van der Waals surface area (Å²) in [7, 11) is -4.18. The molecule has 1 heterocycles. The second kappa shape index (κ2) is 7.47. The van der Waals surface area contributed by atoms with E-state index >= 15 is 0 Å². The largest absolute Gasteiger partial charge is 0.479 e. The number of alkyl halides is 6. The van der Waals surface area contributed by atoms with E-state index in [0.29, 0.717) is 12.1 Å². The Bertz CT molecular complexity index is 960. The van der Waals surface area contributed by atoms with Crippen LogP contribution in [-0.2, 0) is 26.6 Å². The fourth-order valence-electron chi connectivity index (χ4n) is 2.46. The Hall–Kier alpha value is -2.23. The number of halogens is 8. The predicted octanol–water partition coefficient (Wildman–Crippen LogP) is 2.04. The number of aliphatic carboxylic acids is 1. The number of carbonyl (C=O) groups is 2. The van der Waals surface area contributed by atoms with Crippen molar-refractivity contribution >= 4 is 51.6 Å². The highest BCUT2D eigenvalue weighted by molar-refractivity contribution is 7.90. The molecule has 8 nitrogen and oxygen atoms in total. The Morgan fingerprint density at radius 2 is 1.60 bits per heavy atom. The lowest BCUT2D eigenvalue weighted by atomic mass is 10.0. The molecule has 1 aliphatic heterocycles. The van der Waals surface area contributed by atoms with Crippen LogP contribution in [0.15, 0.2) is 22.9 Å². The first-order valence-electron chi connectivity index (χ1n) is 7.12. The average Bonchev–Trinajstić information content (AvgIpc) is 2.86. The number of anilines is 1. The summed E-state index contributed by atoms with van der Waals surface area (Å²) < 4.78 is 89.8. The van der Waals surface area contributed by atoms with E-state index in [1.807, 2.05) is 0 Å². The van der Waals surface area contributed by atoms with Crippen molar-refractivity contribution < 1.29 is 45.2 Å². The van der Waals surface area contributed by atoms with Crippen molar-refractivity contribution in [2.75, 3.05) is 5.01 Å². The third kappa shape index (κ3) is 3.77. The third-order valence-corrected chi connectivity index (χ3v) is 5.63. The molecule has 1 amide bonds. The maximum absolute atomic E-state index is 13.1. The van der Waals surface area contributed by atoms with Gasteiger partial charge in [-0.25, -0.2) is 9.00 Å². The number of benzene rings is 1. The van der Waals surface area contributed by atoms with Crippen LogP contribution in [0.4, 0.5) is 32.0 Å². The summed E-state index contributed by atoms with van der Waals surface area (Å²) in [5, 5.41) is 7.91. The molecule has 0 aromatic heterocycles. The van der Waals surface area contributed by atoms with Crippen LogP contribution in [0.5, 0.6) is 0 Å². The molecule has 166 valence electrons. The van der Waals surface area contributed by atoms with Gasteiger partial charge in [0.2, 0.25) is 0 Å². The van der Waals surface area contributed by atoms with Crippen LogP contribution >= 0.6 is 23.2 Å². The molecule has 2 atom stereocenters. The normalized spacial score (nSPS) is 21.1. The van der Waals surface area contributed by atoms with Gasteiger partial charge in [-0.05, 0) is 12.1 Å². The second-order valence-corrected chi connectivity index (χ2v) is 7.80. The number of nitrogens with two attached hydrogens (primary N) is 2. The Balaban J connectivity index is 2.82. The number of hydrogen-bond donors (Lipinski definition) is 4. The molecule has 2 rings (SSSR count). The van der Waals surface area contributed by atoms with Gasteiger partial charge in [0.15, 0.2) is 10.8 Å². The SMILES string of the molecule is NC(=O)C1(C(=O)O)NN(c2c(Cl)cc(C(F)(F)F)cc2Cl)C(N)=C1S(=O)C(F)(F)F. The molecular weight excluding hydrogens is 493 g/mol. The second-order valence-electron chi connectivity index (χ2n) is 5.58. The number of rotatable bonds is 4. The van der Waals surface area contributed by atoms with Crippen molar-refractivity contribution in [3.63, 3.8) is 0 Å². The van der Waals surface area contributed by atoms with Gasteiger partial charge >= 0.3 is 17.7 Å². The van der Waals surface area contributed by atoms with Gasteiger partial charge in [-0.1, -0.05) is 23.2 Å². The molecule has 30 heavy (non-hydrogen) atoms. The number of nitrogens with zero attached hydrogens (tertiary/aromatic N) is 1. The fraction of sp³-hybridized carbons (Fsp3) is 0.231. The van der Waals surface area contributed by atoms with Gasteiger partial charge < -0.3 is 16.6 Å². The molecule has 0 radical (unpaired) electrons. The van der Waals surface area contributed by atoms with Crippen molar-refractivity contribution in [1.82, 2.24) is 5.43 Å². The number of carboxylic acid groups (broad SMARTS) is 1. The highest BCUT2D eigenvalue weighted by Gasteiger charge is 2.62. The van der Waals surface area contributed by atoms with Crippen LogP contribution in [0.3, 0.4) is 0 Å². The van der Waals surface area contributed by atoms with E-state index in [4.69, 9.17) is 34.7 Å². The summed E-state index contributed by atoms with van der Waals surface area (Å²) >= 11 is 11.5. The van der Waals surface area contributed by atoms with E-state index < -0.39 is 71.9 Å². The van der Waals surface area contributed by atoms with Gasteiger partial charge in [-0.3, -0.25) is 9.80 Å². The molecule has 1 aliphatic rings. The van der Waals surface area contributed by atoms with Crippen molar-refractivity contribution in [2.24, 2.45) is 11.5 Å². The fourth-order valence-corrected chi connectivity index (χ4v) is 4.14. The lowest BCUT2D eigenvalue weighted by Gasteiger charge is -2.28.